The fourth-order valence-electron chi connectivity index (χ4n) is 2.64. The number of imidazole rings is 1. The zero-order valence-electron chi connectivity index (χ0n) is 12.2. The van der Waals surface area contributed by atoms with Crippen LogP contribution in [0.2, 0.25) is 0 Å². The molecule has 1 aliphatic carbocycles. The fraction of sp³-hybridized carbons (Fsp3) is 0.643. The highest BCUT2D eigenvalue weighted by Crippen LogP contribution is 2.30. The zero-order valence-corrected chi connectivity index (χ0v) is 12.2. The lowest BCUT2D eigenvalue weighted by atomic mass is 9.85. The van der Waals surface area contributed by atoms with Crippen LogP contribution in [0.15, 0.2) is 6.33 Å². The van der Waals surface area contributed by atoms with E-state index in [1.54, 1.807) is 6.33 Å². The Morgan fingerprint density at radius 1 is 1.35 bits per heavy atom. The number of hydrogen-bond acceptors (Lipinski definition) is 5. The minimum absolute atomic E-state index is 0.661. The van der Waals surface area contributed by atoms with E-state index in [1.165, 1.54) is 19.3 Å². The summed E-state index contributed by atoms with van der Waals surface area (Å²) in [6, 6.07) is 0. The Morgan fingerprint density at radius 3 is 2.85 bits per heavy atom. The van der Waals surface area contributed by atoms with Crippen LogP contribution in [0.1, 0.15) is 33.1 Å². The zero-order chi connectivity index (χ0) is 13.9. The van der Waals surface area contributed by atoms with Crippen molar-refractivity contribution in [2.45, 2.75) is 33.1 Å². The van der Waals surface area contributed by atoms with E-state index in [0.717, 1.165) is 42.5 Å². The summed E-state index contributed by atoms with van der Waals surface area (Å²) in [4.78, 5) is 18.9. The SMILES string of the molecule is CCNc1nc(N(CC)CC2CCC2)c2[nH]cnc2n1. The lowest BCUT2D eigenvalue weighted by Crippen LogP contribution is -2.33. The number of anilines is 2. The van der Waals surface area contributed by atoms with Crippen molar-refractivity contribution in [1.29, 1.82) is 0 Å². The number of aromatic amines is 1. The summed E-state index contributed by atoms with van der Waals surface area (Å²) in [7, 11) is 0. The molecule has 6 heteroatoms. The highest BCUT2D eigenvalue weighted by molar-refractivity contribution is 5.84. The van der Waals surface area contributed by atoms with Crippen LogP contribution in [0.4, 0.5) is 11.8 Å². The molecule has 0 unspecified atom stereocenters. The van der Waals surface area contributed by atoms with Crippen LogP contribution in [0.3, 0.4) is 0 Å². The molecule has 0 radical (unpaired) electrons. The third kappa shape index (κ3) is 2.42. The molecule has 0 amide bonds. The first-order valence-corrected chi connectivity index (χ1v) is 7.51. The molecule has 0 saturated heterocycles. The van der Waals surface area contributed by atoms with Gasteiger partial charge in [0.2, 0.25) is 5.95 Å². The molecule has 0 spiro atoms. The summed E-state index contributed by atoms with van der Waals surface area (Å²) in [6.45, 7) is 7.06. The highest BCUT2D eigenvalue weighted by Gasteiger charge is 2.23. The van der Waals surface area contributed by atoms with Crippen LogP contribution >= 0.6 is 0 Å². The van der Waals surface area contributed by atoms with Crippen molar-refractivity contribution < 1.29 is 0 Å². The Kier molecular flexibility index (Phi) is 3.71. The van der Waals surface area contributed by atoms with Gasteiger partial charge in [-0.25, -0.2) is 4.98 Å². The van der Waals surface area contributed by atoms with Gasteiger partial charge in [0, 0.05) is 19.6 Å². The van der Waals surface area contributed by atoms with E-state index in [0.29, 0.717) is 5.95 Å². The summed E-state index contributed by atoms with van der Waals surface area (Å²) < 4.78 is 0. The molecule has 0 aromatic carbocycles. The molecule has 6 nitrogen and oxygen atoms in total. The van der Waals surface area contributed by atoms with Crippen molar-refractivity contribution in [3.63, 3.8) is 0 Å². The molecule has 0 aliphatic heterocycles. The van der Waals surface area contributed by atoms with E-state index in [1.807, 2.05) is 6.92 Å². The minimum Gasteiger partial charge on any atom is -0.355 e. The number of aromatic nitrogens is 4. The predicted molar refractivity (Wildman–Crippen MR) is 81.1 cm³/mol. The van der Waals surface area contributed by atoms with Gasteiger partial charge < -0.3 is 15.2 Å². The molecular weight excluding hydrogens is 252 g/mol. The maximum Gasteiger partial charge on any atom is 0.226 e. The molecular formula is C14H22N6. The van der Waals surface area contributed by atoms with E-state index in [-0.39, 0.29) is 0 Å². The molecule has 0 bridgehead atoms. The maximum atomic E-state index is 4.68. The van der Waals surface area contributed by atoms with Crippen molar-refractivity contribution >= 4 is 22.9 Å². The Labute approximate surface area is 119 Å². The maximum absolute atomic E-state index is 4.68. The van der Waals surface area contributed by atoms with Gasteiger partial charge >= 0.3 is 0 Å². The molecule has 2 aromatic heterocycles. The quantitative estimate of drug-likeness (QED) is 0.846. The van der Waals surface area contributed by atoms with Crippen molar-refractivity contribution in [2.75, 3.05) is 29.9 Å². The third-order valence-corrected chi connectivity index (χ3v) is 3.99. The molecule has 1 aliphatic rings. The topological polar surface area (TPSA) is 69.7 Å². The van der Waals surface area contributed by atoms with Gasteiger partial charge in [-0.05, 0) is 32.6 Å². The summed E-state index contributed by atoms with van der Waals surface area (Å²) in [5, 5.41) is 3.19. The number of rotatable bonds is 6. The molecule has 1 saturated carbocycles. The summed E-state index contributed by atoms with van der Waals surface area (Å²) in [6.07, 6.45) is 5.74. The van der Waals surface area contributed by atoms with E-state index in [9.17, 15) is 0 Å². The van der Waals surface area contributed by atoms with Gasteiger partial charge in [-0.3, -0.25) is 0 Å². The van der Waals surface area contributed by atoms with Gasteiger partial charge in [-0.2, -0.15) is 9.97 Å². The van der Waals surface area contributed by atoms with Gasteiger partial charge in [0.25, 0.3) is 0 Å². The summed E-state index contributed by atoms with van der Waals surface area (Å²) in [5.41, 5.74) is 1.67. The first kappa shape index (κ1) is 13.1. The van der Waals surface area contributed by atoms with E-state index >= 15 is 0 Å². The number of fused-ring (bicyclic) bond motifs is 1. The van der Waals surface area contributed by atoms with Crippen molar-refractivity contribution in [2.24, 2.45) is 5.92 Å². The molecule has 1 fully saturated rings. The van der Waals surface area contributed by atoms with Crippen LogP contribution in [0, 0.1) is 5.92 Å². The molecule has 108 valence electrons. The standard InChI is InChI=1S/C14H22N6/c1-3-15-14-18-12-11(16-9-17-12)13(19-14)20(4-2)8-10-6-5-7-10/h9-10H,3-8H2,1-2H3,(H2,15,16,17,18,19). The van der Waals surface area contributed by atoms with E-state index < -0.39 is 0 Å². The van der Waals surface area contributed by atoms with E-state index in [2.05, 4.69) is 37.1 Å². The first-order valence-electron chi connectivity index (χ1n) is 7.51. The van der Waals surface area contributed by atoms with Crippen LogP contribution in [-0.4, -0.2) is 39.6 Å². The number of hydrogen-bond donors (Lipinski definition) is 2. The van der Waals surface area contributed by atoms with Crippen LogP contribution < -0.4 is 10.2 Å². The first-order chi connectivity index (χ1) is 9.81. The fourth-order valence-corrected chi connectivity index (χ4v) is 2.64. The number of nitrogens with one attached hydrogen (secondary N) is 2. The van der Waals surface area contributed by atoms with Crippen LogP contribution in [0.25, 0.3) is 11.2 Å². The largest absolute Gasteiger partial charge is 0.355 e. The Balaban J connectivity index is 1.95. The minimum atomic E-state index is 0.661. The van der Waals surface area contributed by atoms with Gasteiger partial charge in [-0.1, -0.05) is 6.42 Å². The Morgan fingerprint density at radius 2 is 2.20 bits per heavy atom. The van der Waals surface area contributed by atoms with Crippen LogP contribution in [-0.2, 0) is 0 Å². The summed E-state index contributed by atoms with van der Waals surface area (Å²) >= 11 is 0. The number of H-pyrrole nitrogens is 1. The normalized spacial score (nSPS) is 15.3. The number of nitrogens with zero attached hydrogens (tertiary/aromatic N) is 4. The van der Waals surface area contributed by atoms with Crippen LogP contribution in [0.5, 0.6) is 0 Å². The van der Waals surface area contributed by atoms with Gasteiger partial charge in [0.1, 0.15) is 5.52 Å². The lowest BCUT2D eigenvalue weighted by Gasteiger charge is -2.32. The second kappa shape index (κ2) is 5.64. The molecule has 2 N–H and O–H groups in total. The average molecular weight is 274 g/mol. The second-order valence-corrected chi connectivity index (χ2v) is 5.34. The summed E-state index contributed by atoms with van der Waals surface area (Å²) in [5.74, 6) is 2.44. The Hall–Kier alpha value is -1.85. The van der Waals surface area contributed by atoms with Crippen molar-refractivity contribution in [1.82, 2.24) is 19.9 Å². The highest BCUT2D eigenvalue weighted by atomic mass is 15.2. The predicted octanol–water partition coefficient (Wildman–Crippen LogP) is 2.41. The molecule has 0 atom stereocenters. The third-order valence-electron chi connectivity index (χ3n) is 3.99. The molecule has 2 heterocycles. The second-order valence-electron chi connectivity index (χ2n) is 5.34. The smallest absolute Gasteiger partial charge is 0.226 e. The Bertz CT molecular complexity index is 574. The van der Waals surface area contributed by atoms with Crippen molar-refractivity contribution in [3.05, 3.63) is 6.33 Å². The lowest BCUT2D eigenvalue weighted by molar-refractivity contribution is 0.318. The molecule has 2 aromatic rings. The molecule has 20 heavy (non-hydrogen) atoms. The van der Waals surface area contributed by atoms with E-state index in [4.69, 9.17) is 0 Å². The van der Waals surface area contributed by atoms with Crippen molar-refractivity contribution in [3.8, 4) is 0 Å². The molecule has 3 rings (SSSR count). The van der Waals surface area contributed by atoms with Gasteiger partial charge in [0.05, 0.1) is 6.33 Å². The van der Waals surface area contributed by atoms with Gasteiger partial charge in [0.15, 0.2) is 11.5 Å². The monoisotopic (exact) mass is 274 g/mol. The van der Waals surface area contributed by atoms with Gasteiger partial charge in [-0.15, -0.1) is 0 Å². The average Bonchev–Trinajstić information content (AvgIpc) is 2.86.